The summed E-state index contributed by atoms with van der Waals surface area (Å²) in [6.45, 7) is 9.44. The number of hydrogen-bond acceptors (Lipinski definition) is 4. The molecular formula is C18H23N3O2S. The summed E-state index contributed by atoms with van der Waals surface area (Å²) in [5, 5.41) is 7.79. The van der Waals surface area contributed by atoms with Gasteiger partial charge in [0.2, 0.25) is 11.8 Å². The van der Waals surface area contributed by atoms with Crippen LogP contribution in [0, 0.1) is 19.3 Å². The summed E-state index contributed by atoms with van der Waals surface area (Å²) < 4.78 is 0. The van der Waals surface area contributed by atoms with Crippen LogP contribution in [0.5, 0.6) is 0 Å². The number of nitrogens with one attached hydrogen (secondary N) is 2. The Bertz CT molecular complexity index is 760. The van der Waals surface area contributed by atoms with Crippen molar-refractivity contribution in [3.05, 3.63) is 34.7 Å². The Balaban J connectivity index is 1.99. The summed E-state index contributed by atoms with van der Waals surface area (Å²) in [6, 6.07) is 6.19. The normalized spacial score (nSPS) is 11.2. The van der Waals surface area contributed by atoms with Gasteiger partial charge in [-0.05, 0) is 19.4 Å². The highest BCUT2D eigenvalue weighted by Crippen LogP contribution is 2.27. The molecule has 0 atom stereocenters. The lowest BCUT2D eigenvalue weighted by Crippen LogP contribution is -2.39. The van der Waals surface area contributed by atoms with E-state index in [1.165, 1.54) is 16.9 Å². The largest absolute Gasteiger partial charge is 0.347 e. The van der Waals surface area contributed by atoms with Crippen LogP contribution in [-0.2, 0) is 9.59 Å². The molecule has 0 aliphatic heterocycles. The summed E-state index contributed by atoms with van der Waals surface area (Å²) in [4.78, 5) is 28.2. The van der Waals surface area contributed by atoms with E-state index >= 15 is 0 Å². The number of benzene rings is 1. The molecule has 1 aromatic heterocycles. The summed E-state index contributed by atoms with van der Waals surface area (Å²) in [6.07, 6.45) is 0. The van der Waals surface area contributed by atoms with Gasteiger partial charge in [0, 0.05) is 16.4 Å². The first-order valence-corrected chi connectivity index (χ1v) is 8.66. The third kappa shape index (κ3) is 4.64. The van der Waals surface area contributed by atoms with Gasteiger partial charge in [-0.2, -0.15) is 0 Å². The second kappa shape index (κ2) is 7.13. The number of hydrogen-bond donors (Lipinski definition) is 2. The zero-order valence-corrected chi connectivity index (χ0v) is 15.5. The fraction of sp³-hybridized carbons (Fsp3) is 0.389. The highest BCUT2D eigenvalue weighted by molar-refractivity contribution is 7.14. The van der Waals surface area contributed by atoms with Crippen molar-refractivity contribution < 1.29 is 9.59 Å². The summed E-state index contributed by atoms with van der Waals surface area (Å²) >= 11 is 1.37. The lowest BCUT2D eigenvalue weighted by atomic mass is 9.96. The van der Waals surface area contributed by atoms with Crippen LogP contribution in [0.4, 0.5) is 5.13 Å². The Kier molecular flexibility index (Phi) is 5.39. The van der Waals surface area contributed by atoms with E-state index in [9.17, 15) is 9.59 Å². The van der Waals surface area contributed by atoms with E-state index in [2.05, 4.69) is 28.6 Å². The zero-order valence-electron chi connectivity index (χ0n) is 14.7. The molecule has 0 saturated carbocycles. The summed E-state index contributed by atoms with van der Waals surface area (Å²) in [7, 11) is 0. The molecule has 1 aromatic carbocycles. The minimum absolute atomic E-state index is 0.0609. The van der Waals surface area contributed by atoms with Gasteiger partial charge in [-0.1, -0.05) is 44.5 Å². The van der Waals surface area contributed by atoms with Gasteiger partial charge >= 0.3 is 0 Å². The molecule has 5 nitrogen and oxygen atoms in total. The number of aromatic nitrogens is 1. The molecule has 0 fully saturated rings. The number of rotatable bonds is 4. The highest BCUT2D eigenvalue weighted by atomic mass is 32.1. The van der Waals surface area contributed by atoms with Crippen molar-refractivity contribution in [1.82, 2.24) is 10.3 Å². The number of carbonyl (C=O) groups excluding carboxylic acids is 2. The van der Waals surface area contributed by atoms with Crippen LogP contribution in [-0.4, -0.2) is 23.3 Å². The topological polar surface area (TPSA) is 71.1 Å². The molecule has 2 aromatic rings. The number of carbonyl (C=O) groups is 2. The highest BCUT2D eigenvalue weighted by Gasteiger charge is 2.21. The molecule has 0 bridgehead atoms. The van der Waals surface area contributed by atoms with E-state index in [-0.39, 0.29) is 18.4 Å². The van der Waals surface area contributed by atoms with E-state index in [0.29, 0.717) is 5.13 Å². The van der Waals surface area contributed by atoms with Crippen LogP contribution in [0.1, 0.15) is 31.9 Å². The first-order chi connectivity index (χ1) is 11.2. The average molecular weight is 345 g/mol. The van der Waals surface area contributed by atoms with Gasteiger partial charge < -0.3 is 10.6 Å². The first kappa shape index (κ1) is 18.1. The molecule has 0 spiro atoms. The summed E-state index contributed by atoms with van der Waals surface area (Å²) in [5.41, 5.74) is 3.73. The Morgan fingerprint density at radius 1 is 1.21 bits per heavy atom. The quantitative estimate of drug-likeness (QED) is 0.890. The Morgan fingerprint density at radius 2 is 1.92 bits per heavy atom. The molecule has 1 heterocycles. The van der Waals surface area contributed by atoms with Gasteiger partial charge in [-0.15, -0.1) is 11.3 Å². The molecule has 0 aliphatic carbocycles. The van der Waals surface area contributed by atoms with Crippen molar-refractivity contribution in [2.45, 2.75) is 34.6 Å². The second-order valence-corrected chi connectivity index (χ2v) is 7.70. The van der Waals surface area contributed by atoms with Gasteiger partial charge in [0.15, 0.2) is 5.13 Å². The molecule has 2 N–H and O–H groups in total. The fourth-order valence-corrected chi connectivity index (χ4v) is 2.87. The van der Waals surface area contributed by atoms with Crippen LogP contribution in [0.2, 0.25) is 0 Å². The predicted molar refractivity (Wildman–Crippen MR) is 98.1 cm³/mol. The Hall–Kier alpha value is -2.21. The minimum Gasteiger partial charge on any atom is -0.347 e. The van der Waals surface area contributed by atoms with Crippen molar-refractivity contribution >= 4 is 28.3 Å². The molecule has 0 aliphatic rings. The van der Waals surface area contributed by atoms with Gasteiger partial charge in [0.05, 0.1) is 12.2 Å². The van der Waals surface area contributed by atoms with Gasteiger partial charge in [-0.25, -0.2) is 4.98 Å². The molecule has 0 unspecified atom stereocenters. The molecule has 2 amide bonds. The van der Waals surface area contributed by atoms with E-state index in [0.717, 1.165) is 16.8 Å². The molecule has 24 heavy (non-hydrogen) atoms. The van der Waals surface area contributed by atoms with E-state index in [4.69, 9.17) is 0 Å². The molecule has 6 heteroatoms. The van der Waals surface area contributed by atoms with Crippen molar-refractivity contribution in [3.63, 3.8) is 0 Å². The van der Waals surface area contributed by atoms with Crippen molar-refractivity contribution in [2.24, 2.45) is 5.41 Å². The zero-order chi connectivity index (χ0) is 17.9. The number of nitrogens with zero attached hydrogens (tertiary/aromatic N) is 1. The van der Waals surface area contributed by atoms with Gasteiger partial charge in [-0.3, -0.25) is 9.59 Å². The fourth-order valence-electron chi connectivity index (χ4n) is 2.15. The number of aryl methyl sites for hydroxylation is 2. The maximum absolute atomic E-state index is 11.9. The number of thiazole rings is 1. The molecule has 0 radical (unpaired) electrons. The van der Waals surface area contributed by atoms with Crippen LogP contribution < -0.4 is 10.6 Å². The van der Waals surface area contributed by atoms with Gasteiger partial charge in [0.1, 0.15) is 0 Å². The summed E-state index contributed by atoms with van der Waals surface area (Å²) in [5.74, 6) is -0.443. The third-order valence-electron chi connectivity index (χ3n) is 3.50. The van der Waals surface area contributed by atoms with E-state index < -0.39 is 5.41 Å². The van der Waals surface area contributed by atoms with E-state index in [1.54, 1.807) is 20.8 Å². The first-order valence-electron chi connectivity index (χ1n) is 7.78. The predicted octanol–water partition coefficient (Wildman–Crippen LogP) is 3.53. The molecule has 2 rings (SSSR count). The molecule has 0 saturated heterocycles. The monoisotopic (exact) mass is 345 g/mol. The van der Waals surface area contributed by atoms with Crippen molar-refractivity contribution in [2.75, 3.05) is 11.9 Å². The second-order valence-electron chi connectivity index (χ2n) is 6.84. The van der Waals surface area contributed by atoms with Crippen LogP contribution in [0.15, 0.2) is 23.6 Å². The third-order valence-corrected chi connectivity index (χ3v) is 4.26. The van der Waals surface area contributed by atoms with Crippen LogP contribution in [0.3, 0.4) is 0 Å². The van der Waals surface area contributed by atoms with Crippen LogP contribution >= 0.6 is 11.3 Å². The van der Waals surface area contributed by atoms with E-state index in [1.807, 2.05) is 24.4 Å². The van der Waals surface area contributed by atoms with Crippen LogP contribution in [0.25, 0.3) is 11.3 Å². The number of amides is 2. The molecule has 128 valence electrons. The SMILES string of the molecule is Cc1ccc(-c2csc(NC(=O)CNC(=O)C(C)(C)C)n2)c(C)c1. The standard InChI is InChI=1S/C18H23N3O2S/c1-11-6-7-13(12(2)8-11)14-10-24-17(20-14)21-15(22)9-19-16(23)18(3,4)5/h6-8,10H,9H2,1-5H3,(H,19,23)(H,20,21,22). The minimum atomic E-state index is -0.516. The Morgan fingerprint density at radius 3 is 2.54 bits per heavy atom. The maximum Gasteiger partial charge on any atom is 0.245 e. The Labute approximate surface area is 146 Å². The average Bonchev–Trinajstić information content (AvgIpc) is 2.91. The van der Waals surface area contributed by atoms with Gasteiger partial charge in [0.25, 0.3) is 0 Å². The number of anilines is 1. The van der Waals surface area contributed by atoms with Crippen molar-refractivity contribution in [1.29, 1.82) is 0 Å². The lowest BCUT2D eigenvalue weighted by Gasteiger charge is -2.17. The lowest BCUT2D eigenvalue weighted by molar-refractivity contribution is -0.130. The maximum atomic E-state index is 11.9. The molecular weight excluding hydrogens is 322 g/mol. The van der Waals surface area contributed by atoms with Crippen molar-refractivity contribution in [3.8, 4) is 11.3 Å². The smallest absolute Gasteiger partial charge is 0.245 e.